The Labute approximate surface area is 165 Å². The van der Waals surface area contributed by atoms with Crippen LogP contribution in [-0.4, -0.2) is 5.91 Å². The van der Waals surface area contributed by atoms with Crippen molar-refractivity contribution in [2.45, 2.75) is 26.2 Å². The number of carbonyl (C=O) groups excluding carboxylic acids is 1. The third-order valence-electron chi connectivity index (χ3n) is 5.99. The zero-order chi connectivity index (χ0) is 19.1. The number of carbonyl (C=O) groups is 1. The largest absolute Gasteiger partial charge is 0.325 e. The normalized spacial score (nSPS) is 13.8. The minimum absolute atomic E-state index is 0.0756. The summed E-state index contributed by atoms with van der Waals surface area (Å²) >= 11 is 0. The smallest absolute Gasteiger partial charge is 0.227 e. The summed E-state index contributed by atoms with van der Waals surface area (Å²) in [6.07, 6.45) is 2.93. The van der Waals surface area contributed by atoms with Crippen molar-refractivity contribution in [2.24, 2.45) is 5.92 Å². The van der Waals surface area contributed by atoms with E-state index in [2.05, 4.69) is 78.1 Å². The van der Waals surface area contributed by atoms with Gasteiger partial charge < -0.3 is 5.32 Å². The Morgan fingerprint density at radius 2 is 1.57 bits per heavy atom. The standard InChI is InChI=1S/C26H23NO/c1-17(16-21-9-4-7-18-6-2-3-10-22(18)21)26(28)27-24-15-14-20-13-12-19-8-5-11-23(24)25(19)20/h2-11,14-15,17H,12-13,16H2,1H3,(H,27,28)/t17-/m0/s1. The molecule has 2 heteroatoms. The number of aryl methyl sites for hydroxylation is 2. The van der Waals surface area contributed by atoms with Gasteiger partial charge in [-0.25, -0.2) is 0 Å². The van der Waals surface area contributed by atoms with Crippen LogP contribution in [0.2, 0.25) is 0 Å². The highest BCUT2D eigenvalue weighted by Gasteiger charge is 2.19. The summed E-state index contributed by atoms with van der Waals surface area (Å²) in [5.41, 5.74) is 4.94. The summed E-state index contributed by atoms with van der Waals surface area (Å²) in [6, 6.07) is 25.4. The van der Waals surface area contributed by atoms with E-state index in [4.69, 9.17) is 0 Å². The lowest BCUT2D eigenvalue weighted by molar-refractivity contribution is -0.119. The number of hydrogen-bond donors (Lipinski definition) is 1. The van der Waals surface area contributed by atoms with Crippen molar-refractivity contribution in [1.29, 1.82) is 0 Å². The molecule has 1 aliphatic rings. The van der Waals surface area contributed by atoms with E-state index in [1.807, 2.05) is 6.92 Å². The van der Waals surface area contributed by atoms with E-state index >= 15 is 0 Å². The molecule has 0 radical (unpaired) electrons. The van der Waals surface area contributed by atoms with Crippen molar-refractivity contribution in [1.82, 2.24) is 0 Å². The Balaban J connectivity index is 1.41. The van der Waals surface area contributed by atoms with Crippen LogP contribution in [0.1, 0.15) is 23.6 Å². The Kier molecular flexibility index (Phi) is 4.12. The molecule has 0 saturated heterocycles. The molecule has 0 spiro atoms. The number of fused-ring (bicyclic) bond motifs is 1. The maximum absolute atomic E-state index is 13.0. The molecule has 138 valence electrons. The molecule has 0 aromatic heterocycles. The number of rotatable bonds is 4. The maximum Gasteiger partial charge on any atom is 0.227 e. The zero-order valence-electron chi connectivity index (χ0n) is 16.0. The Hall–Kier alpha value is -3.13. The second-order valence-electron chi connectivity index (χ2n) is 7.84. The van der Waals surface area contributed by atoms with Crippen molar-refractivity contribution >= 4 is 33.1 Å². The summed E-state index contributed by atoms with van der Waals surface area (Å²) in [7, 11) is 0. The van der Waals surface area contributed by atoms with Crippen LogP contribution in [0, 0.1) is 5.92 Å². The topological polar surface area (TPSA) is 29.1 Å². The van der Waals surface area contributed by atoms with Crippen LogP contribution in [0.15, 0.2) is 72.8 Å². The second-order valence-corrected chi connectivity index (χ2v) is 7.84. The molecule has 0 heterocycles. The molecule has 0 bridgehead atoms. The van der Waals surface area contributed by atoms with Gasteiger partial charge in [0.1, 0.15) is 0 Å². The second kappa shape index (κ2) is 6.79. The lowest BCUT2D eigenvalue weighted by atomic mass is 9.95. The van der Waals surface area contributed by atoms with Crippen molar-refractivity contribution in [3.8, 4) is 0 Å². The summed E-state index contributed by atoms with van der Waals surface area (Å²) in [4.78, 5) is 13.0. The highest BCUT2D eigenvalue weighted by Crippen LogP contribution is 2.35. The first kappa shape index (κ1) is 17.0. The van der Waals surface area contributed by atoms with Crippen LogP contribution in [-0.2, 0) is 24.1 Å². The third kappa shape index (κ3) is 2.86. The first-order valence-electron chi connectivity index (χ1n) is 10.0. The molecule has 1 amide bonds. The van der Waals surface area contributed by atoms with Gasteiger partial charge in [-0.2, -0.15) is 0 Å². The number of benzene rings is 4. The van der Waals surface area contributed by atoms with Crippen molar-refractivity contribution < 1.29 is 4.79 Å². The fourth-order valence-corrected chi connectivity index (χ4v) is 4.50. The molecule has 4 aromatic carbocycles. The van der Waals surface area contributed by atoms with Gasteiger partial charge in [-0.1, -0.05) is 73.7 Å². The van der Waals surface area contributed by atoms with Gasteiger partial charge in [0.05, 0.1) is 0 Å². The van der Waals surface area contributed by atoms with E-state index in [0.29, 0.717) is 0 Å². The first-order valence-corrected chi connectivity index (χ1v) is 10.0. The van der Waals surface area contributed by atoms with E-state index in [-0.39, 0.29) is 11.8 Å². The molecule has 4 aromatic rings. The zero-order valence-corrected chi connectivity index (χ0v) is 16.0. The van der Waals surface area contributed by atoms with Crippen LogP contribution in [0.25, 0.3) is 21.5 Å². The predicted molar refractivity (Wildman–Crippen MR) is 117 cm³/mol. The number of amides is 1. The molecule has 0 aliphatic heterocycles. The molecule has 28 heavy (non-hydrogen) atoms. The van der Waals surface area contributed by atoms with Gasteiger partial charge >= 0.3 is 0 Å². The van der Waals surface area contributed by atoms with E-state index in [1.165, 1.54) is 38.2 Å². The van der Waals surface area contributed by atoms with E-state index in [1.54, 1.807) is 0 Å². The fraction of sp³-hybridized carbons (Fsp3) is 0.192. The van der Waals surface area contributed by atoms with Gasteiger partial charge in [0.2, 0.25) is 5.91 Å². The van der Waals surface area contributed by atoms with Crippen molar-refractivity contribution in [3.63, 3.8) is 0 Å². The van der Waals surface area contributed by atoms with E-state index in [0.717, 1.165) is 24.9 Å². The number of nitrogens with one attached hydrogen (secondary N) is 1. The Morgan fingerprint density at radius 1 is 0.857 bits per heavy atom. The van der Waals surface area contributed by atoms with E-state index < -0.39 is 0 Å². The predicted octanol–water partition coefficient (Wildman–Crippen LogP) is 5.91. The van der Waals surface area contributed by atoms with Crippen molar-refractivity contribution in [3.05, 3.63) is 89.5 Å². The van der Waals surface area contributed by atoms with Gasteiger partial charge in [0.25, 0.3) is 0 Å². The molecule has 0 saturated carbocycles. The average molecular weight is 365 g/mol. The molecule has 0 fully saturated rings. The SMILES string of the molecule is C[C@@H](Cc1cccc2ccccc12)C(=O)Nc1ccc2c3c(cccc13)CC2. The number of anilines is 1. The highest BCUT2D eigenvalue weighted by molar-refractivity contribution is 6.05. The van der Waals surface area contributed by atoms with Gasteiger partial charge in [-0.3, -0.25) is 4.79 Å². The van der Waals surface area contributed by atoms with Crippen LogP contribution < -0.4 is 5.32 Å². The van der Waals surface area contributed by atoms with Gasteiger partial charge in [-0.05, 0) is 58.2 Å². The number of hydrogen-bond acceptors (Lipinski definition) is 1. The van der Waals surface area contributed by atoms with Gasteiger partial charge in [-0.15, -0.1) is 0 Å². The monoisotopic (exact) mass is 365 g/mol. The maximum atomic E-state index is 13.0. The minimum Gasteiger partial charge on any atom is -0.325 e. The average Bonchev–Trinajstić information content (AvgIpc) is 3.15. The van der Waals surface area contributed by atoms with Gasteiger partial charge in [0.15, 0.2) is 0 Å². The van der Waals surface area contributed by atoms with Gasteiger partial charge in [0, 0.05) is 17.0 Å². The Morgan fingerprint density at radius 3 is 2.46 bits per heavy atom. The molecular formula is C26H23NO. The first-order chi connectivity index (χ1) is 13.7. The molecule has 5 rings (SSSR count). The van der Waals surface area contributed by atoms with Crippen molar-refractivity contribution in [2.75, 3.05) is 5.32 Å². The van der Waals surface area contributed by atoms with Crippen LogP contribution >= 0.6 is 0 Å². The Bertz CT molecular complexity index is 1190. The summed E-state index contributed by atoms with van der Waals surface area (Å²) in [6.45, 7) is 2.01. The summed E-state index contributed by atoms with van der Waals surface area (Å²) in [5.74, 6) is -0.0273. The fourth-order valence-electron chi connectivity index (χ4n) is 4.50. The highest BCUT2D eigenvalue weighted by atomic mass is 16.1. The quantitative estimate of drug-likeness (QED) is 0.479. The van der Waals surface area contributed by atoms with Crippen LogP contribution in [0.3, 0.4) is 0 Å². The molecule has 1 atom stereocenters. The third-order valence-corrected chi connectivity index (χ3v) is 5.99. The molecular weight excluding hydrogens is 342 g/mol. The van der Waals surface area contributed by atoms with E-state index in [9.17, 15) is 4.79 Å². The lowest BCUT2D eigenvalue weighted by Crippen LogP contribution is -2.22. The van der Waals surface area contributed by atoms with Crippen LogP contribution in [0.5, 0.6) is 0 Å². The van der Waals surface area contributed by atoms with Crippen LogP contribution in [0.4, 0.5) is 5.69 Å². The summed E-state index contributed by atoms with van der Waals surface area (Å²) in [5, 5.41) is 8.15. The lowest BCUT2D eigenvalue weighted by Gasteiger charge is -2.16. The molecule has 2 nitrogen and oxygen atoms in total. The summed E-state index contributed by atoms with van der Waals surface area (Å²) < 4.78 is 0. The molecule has 1 N–H and O–H groups in total. The molecule has 0 unspecified atom stereocenters. The minimum atomic E-state index is -0.103. The molecule has 1 aliphatic carbocycles.